The molecule has 2 aliphatic rings. The Balaban J connectivity index is 1.39. The van der Waals surface area contributed by atoms with Crippen molar-refractivity contribution in [1.29, 1.82) is 0 Å². The van der Waals surface area contributed by atoms with Gasteiger partial charge in [0.25, 0.3) is 5.91 Å². The third kappa shape index (κ3) is 4.17. The van der Waals surface area contributed by atoms with E-state index < -0.39 is 11.9 Å². The first kappa shape index (κ1) is 22.5. The van der Waals surface area contributed by atoms with Crippen molar-refractivity contribution in [3.8, 4) is 11.4 Å². The molecule has 2 saturated heterocycles. The first-order chi connectivity index (χ1) is 16.3. The molecular weight excluding hydrogens is 451 g/mol. The van der Waals surface area contributed by atoms with Crippen molar-refractivity contribution in [2.75, 3.05) is 25.0 Å². The Morgan fingerprint density at radius 3 is 2.76 bits per heavy atom. The molecule has 2 aliphatic heterocycles. The molecule has 0 spiro atoms. The second kappa shape index (κ2) is 8.82. The SMILES string of the molecule is CCn1c(-c2ccc(C(F)(F)F)nc2)nc2c(NC3CCN(C(=O)C4CCCO4)C3)ncnc21. The van der Waals surface area contributed by atoms with Gasteiger partial charge in [-0.1, -0.05) is 0 Å². The number of hydrogen-bond acceptors (Lipinski definition) is 7. The van der Waals surface area contributed by atoms with E-state index in [1.165, 1.54) is 18.6 Å². The van der Waals surface area contributed by atoms with Crippen molar-refractivity contribution in [2.24, 2.45) is 0 Å². The molecular formula is C22H24F3N7O2. The summed E-state index contributed by atoms with van der Waals surface area (Å²) in [4.78, 5) is 31.4. The Kier molecular flexibility index (Phi) is 5.84. The van der Waals surface area contributed by atoms with Gasteiger partial charge in [-0.3, -0.25) is 9.78 Å². The van der Waals surface area contributed by atoms with Crippen molar-refractivity contribution in [1.82, 2.24) is 29.4 Å². The van der Waals surface area contributed by atoms with Crippen LogP contribution in [0.2, 0.25) is 0 Å². The molecule has 2 fully saturated rings. The van der Waals surface area contributed by atoms with Crippen LogP contribution in [0.4, 0.5) is 19.0 Å². The summed E-state index contributed by atoms with van der Waals surface area (Å²) >= 11 is 0. The Labute approximate surface area is 193 Å². The first-order valence-corrected chi connectivity index (χ1v) is 11.3. The number of aryl methyl sites for hydroxylation is 1. The topological polar surface area (TPSA) is 98.1 Å². The van der Waals surface area contributed by atoms with Crippen LogP contribution in [-0.4, -0.2) is 67.2 Å². The molecule has 3 aromatic heterocycles. The molecule has 5 heterocycles. The summed E-state index contributed by atoms with van der Waals surface area (Å²) in [6.45, 7) is 4.21. The molecule has 0 radical (unpaired) electrons. The van der Waals surface area contributed by atoms with Crippen LogP contribution in [0, 0.1) is 0 Å². The van der Waals surface area contributed by atoms with Gasteiger partial charge in [-0.25, -0.2) is 15.0 Å². The molecule has 0 bridgehead atoms. The van der Waals surface area contributed by atoms with E-state index in [2.05, 4.69) is 25.3 Å². The second-order valence-corrected chi connectivity index (χ2v) is 8.42. The van der Waals surface area contributed by atoms with Gasteiger partial charge in [-0.2, -0.15) is 13.2 Å². The number of fused-ring (bicyclic) bond motifs is 1. The van der Waals surface area contributed by atoms with Crippen molar-refractivity contribution < 1.29 is 22.7 Å². The molecule has 0 aliphatic carbocycles. The number of anilines is 1. The quantitative estimate of drug-likeness (QED) is 0.606. The van der Waals surface area contributed by atoms with Crippen molar-refractivity contribution in [2.45, 2.75) is 51.1 Å². The van der Waals surface area contributed by atoms with Gasteiger partial charge in [0.05, 0.1) is 0 Å². The predicted octanol–water partition coefficient (Wildman–Crippen LogP) is 3.12. The van der Waals surface area contributed by atoms with E-state index in [-0.39, 0.29) is 18.1 Å². The molecule has 1 N–H and O–H groups in total. The lowest BCUT2D eigenvalue weighted by atomic mass is 10.2. The van der Waals surface area contributed by atoms with Crippen molar-refractivity contribution >= 4 is 22.9 Å². The van der Waals surface area contributed by atoms with Gasteiger partial charge in [0.15, 0.2) is 17.0 Å². The summed E-state index contributed by atoms with van der Waals surface area (Å²) in [5.41, 5.74) is 0.581. The van der Waals surface area contributed by atoms with Crippen LogP contribution < -0.4 is 5.32 Å². The molecule has 1 amide bonds. The number of halogens is 3. The predicted molar refractivity (Wildman–Crippen MR) is 117 cm³/mol. The lowest BCUT2D eigenvalue weighted by Crippen LogP contribution is -2.38. The highest BCUT2D eigenvalue weighted by Gasteiger charge is 2.34. The van der Waals surface area contributed by atoms with Crippen LogP contribution in [0.3, 0.4) is 0 Å². The number of rotatable bonds is 5. The van der Waals surface area contributed by atoms with Gasteiger partial charge in [0.2, 0.25) is 0 Å². The average molecular weight is 475 g/mol. The highest BCUT2D eigenvalue weighted by Crippen LogP contribution is 2.31. The summed E-state index contributed by atoms with van der Waals surface area (Å²) in [5.74, 6) is 1.01. The monoisotopic (exact) mass is 475 g/mol. The Hall–Kier alpha value is -3.28. The van der Waals surface area contributed by atoms with Gasteiger partial charge in [-0.15, -0.1) is 0 Å². The molecule has 5 rings (SSSR count). The van der Waals surface area contributed by atoms with Gasteiger partial charge in [0, 0.05) is 44.0 Å². The number of imidazole rings is 1. The fourth-order valence-electron chi connectivity index (χ4n) is 4.50. The van der Waals surface area contributed by atoms with Crippen molar-refractivity contribution in [3.63, 3.8) is 0 Å². The number of carbonyl (C=O) groups excluding carboxylic acids is 1. The van der Waals surface area contributed by atoms with E-state index in [0.717, 1.165) is 25.3 Å². The third-order valence-electron chi connectivity index (χ3n) is 6.21. The molecule has 34 heavy (non-hydrogen) atoms. The normalized spacial score (nSPS) is 20.9. The fourth-order valence-corrected chi connectivity index (χ4v) is 4.50. The van der Waals surface area contributed by atoms with E-state index in [1.54, 1.807) is 0 Å². The summed E-state index contributed by atoms with van der Waals surface area (Å²) < 4.78 is 46.1. The minimum absolute atomic E-state index is 0.00795. The number of nitrogens with one attached hydrogen (secondary N) is 1. The Morgan fingerprint density at radius 1 is 1.24 bits per heavy atom. The number of pyridine rings is 1. The maximum atomic E-state index is 12.9. The minimum Gasteiger partial charge on any atom is -0.368 e. The molecule has 0 aromatic carbocycles. The Morgan fingerprint density at radius 2 is 2.09 bits per heavy atom. The molecule has 0 saturated carbocycles. The van der Waals surface area contributed by atoms with E-state index >= 15 is 0 Å². The number of amides is 1. The zero-order valence-corrected chi connectivity index (χ0v) is 18.5. The van der Waals surface area contributed by atoms with Crippen LogP contribution >= 0.6 is 0 Å². The maximum Gasteiger partial charge on any atom is 0.433 e. The molecule has 180 valence electrons. The van der Waals surface area contributed by atoms with Gasteiger partial charge < -0.3 is 19.5 Å². The fraction of sp³-hybridized carbons (Fsp3) is 0.500. The standard InChI is InChI=1S/C22H24F3N7O2/c1-2-32-19(13-5-6-16(26-10-13)22(23,24)25)30-17-18(27-12-28-20(17)32)29-14-7-8-31(11-14)21(33)15-4-3-9-34-15/h5-6,10,12,14-15H,2-4,7-9,11H2,1H3,(H,27,28,29). The lowest BCUT2D eigenvalue weighted by molar-refractivity contribution is -0.141. The maximum absolute atomic E-state index is 12.9. The molecule has 2 atom stereocenters. The number of nitrogens with zero attached hydrogens (tertiary/aromatic N) is 6. The average Bonchev–Trinajstić information content (AvgIpc) is 3.58. The highest BCUT2D eigenvalue weighted by atomic mass is 19.4. The smallest absolute Gasteiger partial charge is 0.368 e. The highest BCUT2D eigenvalue weighted by molar-refractivity contribution is 5.86. The number of likely N-dealkylation sites (tertiary alicyclic amines) is 1. The summed E-state index contributed by atoms with van der Waals surface area (Å²) in [6, 6.07) is 2.29. The second-order valence-electron chi connectivity index (χ2n) is 8.42. The summed E-state index contributed by atoms with van der Waals surface area (Å²) in [6.07, 6.45) is 0.169. The van der Waals surface area contributed by atoms with E-state index in [0.29, 0.717) is 54.6 Å². The van der Waals surface area contributed by atoms with Gasteiger partial charge in [0.1, 0.15) is 23.9 Å². The molecule has 3 aromatic rings. The van der Waals surface area contributed by atoms with Crippen LogP contribution in [0.25, 0.3) is 22.6 Å². The van der Waals surface area contributed by atoms with Gasteiger partial charge >= 0.3 is 6.18 Å². The zero-order valence-electron chi connectivity index (χ0n) is 18.5. The number of carbonyl (C=O) groups is 1. The van der Waals surface area contributed by atoms with E-state index in [1.807, 2.05) is 16.4 Å². The van der Waals surface area contributed by atoms with Crippen LogP contribution in [0.15, 0.2) is 24.7 Å². The summed E-state index contributed by atoms with van der Waals surface area (Å²) in [7, 11) is 0. The van der Waals surface area contributed by atoms with Crippen molar-refractivity contribution in [3.05, 3.63) is 30.4 Å². The minimum atomic E-state index is -4.51. The van der Waals surface area contributed by atoms with E-state index in [4.69, 9.17) is 4.74 Å². The molecule has 9 nitrogen and oxygen atoms in total. The number of alkyl halides is 3. The number of ether oxygens (including phenoxy) is 1. The number of aromatic nitrogens is 5. The first-order valence-electron chi connectivity index (χ1n) is 11.3. The summed E-state index contributed by atoms with van der Waals surface area (Å²) in [5, 5.41) is 3.38. The van der Waals surface area contributed by atoms with Gasteiger partial charge in [-0.05, 0) is 38.3 Å². The van der Waals surface area contributed by atoms with Crippen LogP contribution in [0.5, 0.6) is 0 Å². The zero-order chi connectivity index (χ0) is 23.9. The largest absolute Gasteiger partial charge is 0.433 e. The molecule has 2 unspecified atom stereocenters. The third-order valence-corrected chi connectivity index (χ3v) is 6.21. The molecule has 12 heteroatoms. The lowest BCUT2D eigenvalue weighted by Gasteiger charge is -2.20. The van der Waals surface area contributed by atoms with Crippen LogP contribution in [0.1, 0.15) is 31.9 Å². The number of hydrogen-bond donors (Lipinski definition) is 1. The van der Waals surface area contributed by atoms with Crippen LogP contribution in [-0.2, 0) is 22.3 Å². The Bertz CT molecular complexity index is 1190. The van der Waals surface area contributed by atoms with E-state index in [9.17, 15) is 18.0 Å².